The number of carbonyl (C=O) groups excluding carboxylic acids is 2. The summed E-state index contributed by atoms with van der Waals surface area (Å²) in [5.41, 5.74) is 1.00. The fourth-order valence-electron chi connectivity index (χ4n) is 2.21. The zero-order valence-corrected chi connectivity index (χ0v) is 9.38. The predicted molar refractivity (Wildman–Crippen MR) is 61.9 cm³/mol. The molecule has 1 saturated heterocycles. The number of nitrogens with one attached hydrogen (secondary N) is 1. The molecule has 2 aromatic rings. The number of rotatable bonds is 1. The number of imide groups is 1. The zero-order valence-electron chi connectivity index (χ0n) is 9.38. The molecule has 1 aliphatic heterocycles. The first-order chi connectivity index (χ1) is 8.66. The van der Waals surface area contributed by atoms with Crippen molar-refractivity contribution >= 4 is 22.9 Å². The molecule has 3 rings (SSSR count). The first-order valence-electron chi connectivity index (χ1n) is 5.60. The summed E-state index contributed by atoms with van der Waals surface area (Å²) in [7, 11) is 0. The number of benzene rings is 1. The maximum atomic E-state index is 11.8. The highest BCUT2D eigenvalue weighted by molar-refractivity contribution is 5.99. The second-order valence-corrected chi connectivity index (χ2v) is 4.17. The smallest absolute Gasteiger partial charge is 0.408 e. The number of hydrogen-bond donors (Lipinski definition) is 1. The molecular formula is C12H10N2O4. The van der Waals surface area contributed by atoms with Gasteiger partial charge in [0.15, 0.2) is 5.58 Å². The molecule has 0 saturated carbocycles. The van der Waals surface area contributed by atoms with Crippen molar-refractivity contribution in [1.29, 1.82) is 0 Å². The molecule has 0 bridgehead atoms. The highest BCUT2D eigenvalue weighted by Crippen LogP contribution is 2.22. The Labute approximate surface area is 101 Å². The van der Waals surface area contributed by atoms with Gasteiger partial charge in [-0.1, -0.05) is 12.1 Å². The predicted octanol–water partition coefficient (Wildman–Crippen LogP) is 0.572. The second-order valence-electron chi connectivity index (χ2n) is 4.17. The van der Waals surface area contributed by atoms with E-state index in [2.05, 4.69) is 5.32 Å². The Hall–Kier alpha value is -2.37. The average Bonchev–Trinajstić information content (AvgIpc) is 2.66. The van der Waals surface area contributed by atoms with E-state index in [-0.39, 0.29) is 12.3 Å². The van der Waals surface area contributed by atoms with Crippen LogP contribution in [0.1, 0.15) is 18.9 Å². The molecule has 1 aromatic carbocycles. The van der Waals surface area contributed by atoms with E-state index < -0.39 is 17.7 Å². The molecule has 2 amide bonds. The number of carbonyl (C=O) groups is 2. The van der Waals surface area contributed by atoms with Crippen molar-refractivity contribution < 1.29 is 14.0 Å². The number of nitrogens with zero attached hydrogens (tertiary/aromatic N) is 1. The van der Waals surface area contributed by atoms with Crippen LogP contribution >= 0.6 is 0 Å². The van der Waals surface area contributed by atoms with Crippen LogP contribution < -0.4 is 11.1 Å². The molecule has 1 N–H and O–H groups in total. The Morgan fingerprint density at radius 1 is 1.22 bits per heavy atom. The van der Waals surface area contributed by atoms with Gasteiger partial charge in [-0.15, -0.1) is 0 Å². The average molecular weight is 246 g/mol. The van der Waals surface area contributed by atoms with E-state index in [1.165, 1.54) is 4.57 Å². The van der Waals surface area contributed by atoms with Crippen LogP contribution in [-0.2, 0) is 9.59 Å². The van der Waals surface area contributed by atoms with Crippen molar-refractivity contribution in [3.63, 3.8) is 0 Å². The number of aromatic nitrogens is 1. The van der Waals surface area contributed by atoms with Crippen LogP contribution in [0.15, 0.2) is 33.5 Å². The van der Waals surface area contributed by atoms with Crippen molar-refractivity contribution in [2.75, 3.05) is 0 Å². The van der Waals surface area contributed by atoms with Crippen molar-refractivity contribution in [3.8, 4) is 0 Å². The van der Waals surface area contributed by atoms with E-state index in [1.54, 1.807) is 24.3 Å². The number of oxazole rings is 1. The Morgan fingerprint density at radius 3 is 2.78 bits per heavy atom. The molecule has 1 fully saturated rings. The normalized spacial score (nSPS) is 20.1. The molecule has 1 unspecified atom stereocenters. The maximum Gasteiger partial charge on any atom is 0.420 e. The van der Waals surface area contributed by atoms with Crippen LogP contribution in [0.25, 0.3) is 11.1 Å². The lowest BCUT2D eigenvalue weighted by atomic mass is 10.1. The Balaban J connectivity index is 2.14. The Morgan fingerprint density at radius 2 is 2.00 bits per heavy atom. The zero-order chi connectivity index (χ0) is 12.7. The summed E-state index contributed by atoms with van der Waals surface area (Å²) < 4.78 is 6.37. The topological polar surface area (TPSA) is 81.3 Å². The van der Waals surface area contributed by atoms with Gasteiger partial charge in [-0.05, 0) is 18.6 Å². The minimum atomic E-state index is -0.682. The fraction of sp³-hybridized carbons (Fsp3) is 0.250. The van der Waals surface area contributed by atoms with Crippen molar-refractivity contribution in [3.05, 3.63) is 34.8 Å². The molecule has 1 aliphatic rings. The molecule has 2 heterocycles. The number of amides is 2. The second kappa shape index (κ2) is 3.83. The first-order valence-corrected chi connectivity index (χ1v) is 5.60. The molecule has 92 valence electrons. The lowest BCUT2D eigenvalue weighted by Gasteiger charge is -2.21. The van der Waals surface area contributed by atoms with Gasteiger partial charge < -0.3 is 4.42 Å². The van der Waals surface area contributed by atoms with E-state index in [0.717, 1.165) is 0 Å². The lowest BCUT2D eigenvalue weighted by Crippen LogP contribution is -2.43. The molecule has 6 heteroatoms. The van der Waals surface area contributed by atoms with Gasteiger partial charge in [0, 0.05) is 6.42 Å². The largest absolute Gasteiger partial charge is 0.420 e. The van der Waals surface area contributed by atoms with Gasteiger partial charge in [-0.25, -0.2) is 4.79 Å². The van der Waals surface area contributed by atoms with Crippen molar-refractivity contribution in [2.45, 2.75) is 18.9 Å². The molecular weight excluding hydrogens is 236 g/mol. The third-order valence-corrected chi connectivity index (χ3v) is 3.04. The standard InChI is InChI=1S/C12H10N2O4/c15-10-6-5-8(11(16)13-10)14-7-3-1-2-4-9(7)18-12(14)17/h1-4,8H,5-6H2,(H,13,15,16). The van der Waals surface area contributed by atoms with Crippen molar-refractivity contribution in [2.24, 2.45) is 0 Å². The summed E-state index contributed by atoms with van der Waals surface area (Å²) in [6, 6.07) is 6.21. The Kier molecular flexibility index (Phi) is 2.29. The van der Waals surface area contributed by atoms with Crippen LogP contribution in [0.5, 0.6) is 0 Å². The summed E-state index contributed by atoms with van der Waals surface area (Å²) in [5, 5.41) is 2.23. The summed E-state index contributed by atoms with van der Waals surface area (Å²) in [6.45, 7) is 0. The van der Waals surface area contributed by atoms with Crippen LogP contribution in [-0.4, -0.2) is 16.4 Å². The maximum absolute atomic E-state index is 11.8. The Bertz CT molecular complexity index is 697. The minimum absolute atomic E-state index is 0.225. The quantitative estimate of drug-likeness (QED) is 0.746. The highest BCUT2D eigenvalue weighted by Gasteiger charge is 2.30. The fourth-order valence-corrected chi connectivity index (χ4v) is 2.21. The van der Waals surface area contributed by atoms with Gasteiger partial charge in [0.05, 0.1) is 5.52 Å². The SMILES string of the molecule is O=C1CCC(n2c(=O)oc3ccccc32)C(=O)N1. The van der Waals surface area contributed by atoms with E-state index >= 15 is 0 Å². The summed E-state index contributed by atoms with van der Waals surface area (Å²) >= 11 is 0. The van der Waals surface area contributed by atoms with Gasteiger partial charge in [-0.3, -0.25) is 19.5 Å². The van der Waals surface area contributed by atoms with E-state index in [9.17, 15) is 14.4 Å². The van der Waals surface area contributed by atoms with E-state index in [1.807, 2.05) is 0 Å². The van der Waals surface area contributed by atoms with Gasteiger partial charge >= 0.3 is 5.76 Å². The molecule has 0 aliphatic carbocycles. The lowest BCUT2D eigenvalue weighted by molar-refractivity contribution is -0.135. The number of hydrogen-bond acceptors (Lipinski definition) is 4. The third kappa shape index (κ3) is 1.54. The van der Waals surface area contributed by atoms with Crippen LogP contribution in [0, 0.1) is 0 Å². The molecule has 0 spiro atoms. The number of piperidine rings is 1. The van der Waals surface area contributed by atoms with Gasteiger partial charge in [-0.2, -0.15) is 0 Å². The van der Waals surface area contributed by atoms with E-state index in [0.29, 0.717) is 17.5 Å². The summed E-state index contributed by atoms with van der Waals surface area (Å²) in [4.78, 5) is 34.7. The van der Waals surface area contributed by atoms with Crippen LogP contribution in [0.2, 0.25) is 0 Å². The molecule has 0 radical (unpaired) electrons. The molecule has 18 heavy (non-hydrogen) atoms. The van der Waals surface area contributed by atoms with Crippen LogP contribution in [0.4, 0.5) is 0 Å². The molecule has 6 nitrogen and oxygen atoms in total. The molecule has 1 atom stereocenters. The first kappa shape index (κ1) is 10.8. The third-order valence-electron chi connectivity index (χ3n) is 3.04. The molecule has 1 aromatic heterocycles. The van der Waals surface area contributed by atoms with Gasteiger partial charge in [0.2, 0.25) is 11.8 Å². The van der Waals surface area contributed by atoms with Gasteiger partial charge in [0.25, 0.3) is 0 Å². The summed E-state index contributed by atoms with van der Waals surface area (Å²) in [5.74, 6) is -1.34. The van der Waals surface area contributed by atoms with Crippen molar-refractivity contribution in [1.82, 2.24) is 9.88 Å². The summed E-state index contributed by atoms with van der Waals surface area (Å²) in [6.07, 6.45) is 0.538. The minimum Gasteiger partial charge on any atom is -0.408 e. The monoisotopic (exact) mass is 246 g/mol. The van der Waals surface area contributed by atoms with Crippen LogP contribution in [0.3, 0.4) is 0 Å². The number of para-hydroxylation sites is 2. The number of fused-ring (bicyclic) bond motifs is 1. The highest BCUT2D eigenvalue weighted by atomic mass is 16.4. The van der Waals surface area contributed by atoms with Gasteiger partial charge in [0.1, 0.15) is 6.04 Å². The van der Waals surface area contributed by atoms with E-state index in [4.69, 9.17) is 4.42 Å².